The van der Waals surface area contributed by atoms with E-state index in [1.165, 1.54) is 22.2 Å². The molecule has 0 unspecified atom stereocenters. The van der Waals surface area contributed by atoms with Crippen LogP contribution in [0.3, 0.4) is 0 Å². The van der Waals surface area contributed by atoms with Gasteiger partial charge in [0.25, 0.3) is 5.56 Å². The number of aromatic nitrogens is 2. The third-order valence-corrected chi connectivity index (χ3v) is 3.21. The molecule has 1 amide bonds. The Bertz CT molecular complexity index is 605. The average Bonchev–Trinajstić information content (AvgIpc) is 2.82. The monoisotopic (exact) mass is 267 g/mol. The van der Waals surface area contributed by atoms with E-state index in [1.807, 2.05) is 5.38 Å². The fourth-order valence-electron chi connectivity index (χ4n) is 1.51. The van der Waals surface area contributed by atoms with Crippen LogP contribution < -0.4 is 10.9 Å². The van der Waals surface area contributed by atoms with E-state index in [4.69, 9.17) is 4.74 Å². The van der Waals surface area contributed by atoms with Gasteiger partial charge in [-0.15, -0.1) is 11.3 Å². The number of carbonyl (C=O) groups is 1. The van der Waals surface area contributed by atoms with Crippen molar-refractivity contribution < 1.29 is 9.53 Å². The maximum Gasteiger partial charge on any atom is 0.262 e. The normalized spacial score (nSPS) is 10.7. The van der Waals surface area contributed by atoms with Gasteiger partial charge < -0.3 is 10.1 Å². The number of carbonyl (C=O) groups excluding carboxylic acids is 1. The molecule has 2 heterocycles. The summed E-state index contributed by atoms with van der Waals surface area (Å²) < 4.78 is 6.12. The molecule has 0 bridgehead atoms. The number of fused-ring (bicyclic) bond motifs is 1. The van der Waals surface area contributed by atoms with Crippen molar-refractivity contribution in [1.29, 1.82) is 0 Å². The van der Waals surface area contributed by atoms with Gasteiger partial charge in [0.1, 0.15) is 11.4 Å². The number of nitrogens with zero attached hydrogens (tertiary/aromatic N) is 2. The molecule has 2 aromatic heterocycles. The smallest absolute Gasteiger partial charge is 0.262 e. The van der Waals surface area contributed by atoms with Crippen LogP contribution in [0.25, 0.3) is 10.2 Å². The molecule has 0 aliphatic rings. The summed E-state index contributed by atoms with van der Waals surface area (Å²) in [7, 11) is 1.56. The minimum Gasteiger partial charge on any atom is -0.383 e. The zero-order chi connectivity index (χ0) is 13.0. The predicted octanol–water partition coefficient (Wildman–Crippen LogP) is 0.221. The molecule has 6 nitrogen and oxygen atoms in total. The topological polar surface area (TPSA) is 73.2 Å². The van der Waals surface area contributed by atoms with Crippen LogP contribution in [0, 0.1) is 0 Å². The number of hydrogen-bond acceptors (Lipinski definition) is 5. The molecule has 96 valence electrons. The van der Waals surface area contributed by atoms with Crippen LogP contribution in [0.1, 0.15) is 0 Å². The number of ether oxygens (including phenoxy) is 1. The van der Waals surface area contributed by atoms with Gasteiger partial charge in [-0.1, -0.05) is 0 Å². The highest BCUT2D eigenvalue weighted by molar-refractivity contribution is 7.16. The van der Waals surface area contributed by atoms with Gasteiger partial charge in [0, 0.05) is 13.7 Å². The molecule has 18 heavy (non-hydrogen) atoms. The fraction of sp³-hybridized carbons (Fsp3) is 0.364. The van der Waals surface area contributed by atoms with Crippen molar-refractivity contribution in [3.05, 3.63) is 28.1 Å². The lowest BCUT2D eigenvalue weighted by atomic mass is 10.4. The van der Waals surface area contributed by atoms with Crippen LogP contribution in [0.15, 0.2) is 22.6 Å². The highest BCUT2D eigenvalue weighted by atomic mass is 32.1. The number of amides is 1. The lowest BCUT2D eigenvalue weighted by Gasteiger charge is -2.06. The molecule has 0 aromatic carbocycles. The Hall–Kier alpha value is -1.73. The van der Waals surface area contributed by atoms with Crippen molar-refractivity contribution in [1.82, 2.24) is 14.9 Å². The van der Waals surface area contributed by atoms with E-state index < -0.39 is 0 Å². The molecule has 2 rings (SSSR count). The molecular weight excluding hydrogens is 254 g/mol. The van der Waals surface area contributed by atoms with E-state index in [0.29, 0.717) is 23.4 Å². The van der Waals surface area contributed by atoms with Gasteiger partial charge >= 0.3 is 0 Å². The lowest BCUT2D eigenvalue weighted by Crippen LogP contribution is -2.33. The molecular formula is C11H13N3O3S. The fourth-order valence-corrected chi connectivity index (χ4v) is 2.23. The summed E-state index contributed by atoms with van der Waals surface area (Å²) in [5.41, 5.74) is -0.192. The average molecular weight is 267 g/mol. The molecule has 0 saturated carbocycles. The van der Waals surface area contributed by atoms with Crippen LogP contribution in [0.5, 0.6) is 0 Å². The first kappa shape index (κ1) is 12.7. The number of nitrogens with one attached hydrogen (secondary N) is 1. The molecule has 0 saturated heterocycles. The molecule has 7 heteroatoms. The lowest BCUT2D eigenvalue weighted by molar-refractivity contribution is -0.121. The quantitative estimate of drug-likeness (QED) is 0.787. The first-order valence-corrected chi connectivity index (χ1v) is 6.28. The summed E-state index contributed by atoms with van der Waals surface area (Å²) in [6, 6.07) is 1.72. The highest BCUT2D eigenvalue weighted by Gasteiger charge is 2.08. The van der Waals surface area contributed by atoms with Crippen molar-refractivity contribution in [3.63, 3.8) is 0 Å². The molecule has 2 aromatic rings. The van der Waals surface area contributed by atoms with Gasteiger partial charge in [-0.2, -0.15) is 0 Å². The summed E-state index contributed by atoms with van der Waals surface area (Å²) >= 11 is 1.40. The molecule has 0 aliphatic heterocycles. The molecule has 0 atom stereocenters. The maximum absolute atomic E-state index is 12.0. The van der Waals surface area contributed by atoms with Gasteiger partial charge in [0.15, 0.2) is 0 Å². The molecule has 0 aliphatic carbocycles. The third-order valence-electron chi connectivity index (χ3n) is 2.39. The van der Waals surface area contributed by atoms with E-state index in [1.54, 1.807) is 13.2 Å². The SMILES string of the molecule is COCCNC(=O)Cn1cnc2sccc2c1=O. The summed E-state index contributed by atoms with van der Waals surface area (Å²) in [5, 5.41) is 5.01. The van der Waals surface area contributed by atoms with Crippen LogP contribution in [0.4, 0.5) is 0 Å². The Kier molecular flexibility index (Phi) is 4.06. The summed E-state index contributed by atoms with van der Waals surface area (Å²) in [4.78, 5) is 28.4. The third kappa shape index (κ3) is 2.74. The summed E-state index contributed by atoms with van der Waals surface area (Å²) in [5.74, 6) is -0.231. The number of thiophene rings is 1. The van der Waals surface area contributed by atoms with Crippen LogP contribution in [-0.4, -0.2) is 35.7 Å². The van der Waals surface area contributed by atoms with E-state index in [9.17, 15) is 9.59 Å². The van der Waals surface area contributed by atoms with E-state index in [0.717, 1.165) is 0 Å². The summed E-state index contributed by atoms with van der Waals surface area (Å²) in [6.07, 6.45) is 1.40. The second-order valence-corrected chi connectivity index (χ2v) is 4.55. The highest BCUT2D eigenvalue weighted by Crippen LogP contribution is 2.12. The Morgan fingerprint density at radius 1 is 1.61 bits per heavy atom. The van der Waals surface area contributed by atoms with Crippen molar-refractivity contribution in [3.8, 4) is 0 Å². The number of rotatable bonds is 5. The van der Waals surface area contributed by atoms with E-state index in [-0.39, 0.29) is 18.0 Å². The Balaban J connectivity index is 2.09. The van der Waals surface area contributed by atoms with Gasteiger partial charge in [-0.3, -0.25) is 14.2 Å². The summed E-state index contributed by atoms with van der Waals surface area (Å²) in [6.45, 7) is 0.849. The molecule has 0 radical (unpaired) electrons. The van der Waals surface area contributed by atoms with E-state index in [2.05, 4.69) is 10.3 Å². The van der Waals surface area contributed by atoms with Gasteiger partial charge in [-0.25, -0.2) is 4.98 Å². The van der Waals surface area contributed by atoms with E-state index >= 15 is 0 Å². The second kappa shape index (κ2) is 5.74. The van der Waals surface area contributed by atoms with Crippen molar-refractivity contribution in [2.75, 3.05) is 20.3 Å². The minimum atomic E-state index is -0.231. The van der Waals surface area contributed by atoms with Crippen molar-refractivity contribution in [2.24, 2.45) is 0 Å². The van der Waals surface area contributed by atoms with Gasteiger partial charge in [0.05, 0.1) is 18.3 Å². The van der Waals surface area contributed by atoms with Gasteiger partial charge in [0.2, 0.25) is 5.91 Å². The maximum atomic E-state index is 12.0. The van der Waals surface area contributed by atoms with Crippen molar-refractivity contribution in [2.45, 2.75) is 6.54 Å². The van der Waals surface area contributed by atoms with Crippen LogP contribution in [-0.2, 0) is 16.1 Å². The second-order valence-electron chi connectivity index (χ2n) is 3.66. The van der Waals surface area contributed by atoms with Gasteiger partial charge in [-0.05, 0) is 11.4 Å². The number of methoxy groups -OCH3 is 1. The zero-order valence-corrected chi connectivity index (χ0v) is 10.7. The molecule has 0 fully saturated rings. The van der Waals surface area contributed by atoms with Crippen LogP contribution >= 0.6 is 11.3 Å². The molecule has 0 spiro atoms. The zero-order valence-electron chi connectivity index (χ0n) is 9.88. The van der Waals surface area contributed by atoms with Crippen LogP contribution in [0.2, 0.25) is 0 Å². The first-order valence-electron chi connectivity index (χ1n) is 5.40. The first-order chi connectivity index (χ1) is 8.72. The number of hydrogen-bond donors (Lipinski definition) is 1. The Morgan fingerprint density at radius 2 is 2.44 bits per heavy atom. The standard InChI is InChI=1S/C11H13N3O3S/c1-17-4-3-12-9(15)6-14-7-13-10-8(11(14)16)2-5-18-10/h2,5,7H,3-4,6H2,1H3,(H,12,15). The Morgan fingerprint density at radius 3 is 3.22 bits per heavy atom. The Labute approximate surface area is 107 Å². The minimum absolute atomic E-state index is 0.0265. The largest absolute Gasteiger partial charge is 0.383 e. The molecule has 1 N–H and O–H groups in total. The van der Waals surface area contributed by atoms with Crippen molar-refractivity contribution >= 4 is 27.5 Å². The predicted molar refractivity (Wildman–Crippen MR) is 68.8 cm³/mol.